The third kappa shape index (κ3) is 4.52. The number of amides is 1. The number of hydrogen-bond acceptors (Lipinski definition) is 2. The van der Waals surface area contributed by atoms with Crippen LogP contribution in [0.4, 0.5) is 4.39 Å². The molecule has 0 fully saturated rings. The first-order valence-electron chi connectivity index (χ1n) is 5.80. The summed E-state index contributed by atoms with van der Waals surface area (Å²) in [6.07, 6.45) is 0.267. The molecular weight excluding hydrogens is 273 g/mol. The Labute approximate surface area is 115 Å². The maximum atomic E-state index is 13.5. The van der Waals surface area contributed by atoms with E-state index in [-0.39, 0.29) is 22.9 Å². The molecule has 1 amide bonds. The van der Waals surface area contributed by atoms with E-state index in [1.807, 2.05) is 13.8 Å². The van der Waals surface area contributed by atoms with Crippen LogP contribution in [-0.2, 0) is 4.79 Å². The number of nitrogens with one attached hydrogen (secondary N) is 1. The average Bonchev–Trinajstić information content (AvgIpc) is 2.30. The van der Waals surface area contributed by atoms with Gasteiger partial charge < -0.3 is 10.4 Å². The minimum absolute atomic E-state index is 0.0885. The quantitative estimate of drug-likeness (QED) is 0.875. The summed E-state index contributed by atoms with van der Waals surface area (Å²) in [6, 6.07) is 2.50. The molecule has 1 aromatic rings. The molecule has 104 valence electrons. The summed E-state index contributed by atoms with van der Waals surface area (Å²) in [5, 5.41) is 11.5. The number of carbonyl (C=O) groups excluding carboxylic acids is 1. The van der Waals surface area contributed by atoms with Crippen LogP contribution in [0.5, 0.6) is 0 Å². The number of halogens is 2. The van der Waals surface area contributed by atoms with Crippen LogP contribution >= 0.6 is 11.6 Å². The smallest absolute Gasteiger partial charge is 0.326 e. The summed E-state index contributed by atoms with van der Waals surface area (Å²) in [7, 11) is 0. The largest absolute Gasteiger partial charge is 0.480 e. The summed E-state index contributed by atoms with van der Waals surface area (Å²) in [6.45, 7) is 3.67. The van der Waals surface area contributed by atoms with Gasteiger partial charge in [-0.25, -0.2) is 9.18 Å². The molecule has 6 heteroatoms. The van der Waals surface area contributed by atoms with Crippen molar-refractivity contribution >= 4 is 23.5 Å². The Morgan fingerprint density at radius 2 is 2.05 bits per heavy atom. The van der Waals surface area contributed by atoms with E-state index >= 15 is 0 Å². The maximum absolute atomic E-state index is 13.5. The van der Waals surface area contributed by atoms with Crippen LogP contribution in [0.1, 0.15) is 30.6 Å². The number of carboxylic acid groups (broad SMARTS) is 1. The van der Waals surface area contributed by atoms with Crippen LogP contribution in [0.3, 0.4) is 0 Å². The van der Waals surface area contributed by atoms with Crippen LogP contribution in [-0.4, -0.2) is 23.0 Å². The number of carboxylic acids is 1. The zero-order valence-corrected chi connectivity index (χ0v) is 11.4. The molecule has 1 unspecified atom stereocenters. The van der Waals surface area contributed by atoms with Gasteiger partial charge in [-0.1, -0.05) is 25.4 Å². The number of aliphatic carboxylic acids is 1. The molecule has 19 heavy (non-hydrogen) atoms. The van der Waals surface area contributed by atoms with Gasteiger partial charge in [0.05, 0.1) is 5.56 Å². The number of benzene rings is 1. The van der Waals surface area contributed by atoms with Crippen LogP contribution in [0.15, 0.2) is 18.2 Å². The topological polar surface area (TPSA) is 66.4 Å². The van der Waals surface area contributed by atoms with Crippen LogP contribution in [0.25, 0.3) is 0 Å². The van der Waals surface area contributed by atoms with Gasteiger partial charge in [0.2, 0.25) is 0 Å². The molecule has 1 aromatic carbocycles. The standard InChI is InChI=1S/C13H15ClFNO3/c1-7(2)5-11(13(18)19)16-12(17)9-6-8(14)3-4-10(9)15/h3-4,6-7,11H,5H2,1-2H3,(H,16,17)(H,18,19). The van der Waals surface area contributed by atoms with Crippen molar-refractivity contribution in [2.45, 2.75) is 26.3 Å². The van der Waals surface area contributed by atoms with Crippen molar-refractivity contribution in [1.82, 2.24) is 5.32 Å². The van der Waals surface area contributed by atoms with Crippen molar-refractivity contribution < 1.29 is 19.1 Å². The van der Waals surface area contributed by atoms with Crippen molar-refractivity contribution in [3.05, 3.63) is 34.6 Å². The molecule has 0 bridgehead atoms. The van der Waals surface area contributed by atoms with Gasteiger partial charge in [0, 0.05) is 5.02 Å². The molecule has 0 aliphatic rings. The molecule has 2 N–H and O–H groups in total. The lowest BCUT2D eigenvalue weighted by Crippen LogP contribution is -2.41. The zero-order chi connectivity index (χ0) is 14.6. The second-order valence-corrected chi connectivity index (χ2v) is 5.05. The molecule has 0 saturated carbocycles. The van der Waals surface area contributed by atoms with E-state index in [1.54, 1.807) is 0 Å². The van der Waals surface area contributed by atoms with E-state index in [1.165, 1.54) is 12.1 Å². The monoisotopic (exact) mass is 287 g/mol. The lowest BCUT2D eigenvalue weighted by atomic mass is 10.0. The van der Waals surface area contributed by atoms with E-state index in [4.69, 9.17) is 16.7 Å². The fourth-order valence-electron chi connectivity index (χ4n) is 1.60. The first-order valence-corrected chi connectivity index (χ1v) is 6.17. The van der Waals surface area contributed by atoms with Gasteiger partial charge in [-0.3, -0.25) is 4.79 Å². The van der Waals surface area contributed by atoms with Crippen molar-refractivity contribution in [1.29, 1.82) is 0 Å². The third-order valence-corrected chi connectivity index (χ3v) is 2.72. The number of carbonyl (C=O) groups is 2. The van der Waals surface area contributed by atoms with E-state index in [2.05, 4.69) is 5.32 Å². The molecule has 0 radical (unpaired) electrons. The second kappa shape index (κ2) is 6.52. The molecule has 0 aromatic heterocycles. The first-order chi connectivity index (χ1) is 8.81. The summed E-state index contributed by atoms with van der Waals surface area (Å²) in [5.74, 6) is -2.58. The Hall–Kier alpha value is -1.62. The molecule has 1 atom stereocenters. The van der Waals surface area contributed by atoms with Crippen LogP contribution in [0.2, 0.25) is 5.02 Å². The average molecular weight is 288 g/mol. The Bertz CT molecular complexity index is 491. The first kappa shape index (κ1) is 15.4. The Morgan fingerprint density at radius 3 is 2.58 bits per heavy atom. The molecule has 0 heterocycles. The Balaban J connectivity index is 2.87. The highest BCUT2D eigenvalue weighted by molar-refractivity contribution is 6.31. The molecular formula is C13H15ClFNO3. The van der Waals surface area contributed by atoms with E-state index in [9.17, 15) is 14.0 Å². The van der Waals surface area contributed by atoms with Gasteiger partial charge in [-0.05, 0) is 30.5 Å². The third-order valence-electron chi connectivity index (χ3n) is 2.48. The van der Waals surface area contributed by atoms with Gasteiger partial charge in [-0.15, -0.1) is 0 Å². The minimum atomic E-state index is -1.15. The Kier molecular flexibility index (Phi) is 5.30. The van der Waals surface area contributed by atoms with E-state index in [0.29, 0.717) is 0 Å². The molecule has 0 spiro atoms. The predicted molar refractivity (Wildman–Crippen MR) is 69.8 cm³/mol. The van der Waals surface area contributed by atoms with Crippen molar-refractivity contribution in [3.63, 3.8) is 0 Å². The van der Waals surface area contributed by atoms with Gasteiger partial charge in [0.25, 0.3) is 5.91 Å². The maximum Gasteiger partial charge on any atom is 0.326 e. The highest BCUT2D eigenvalue weighted by Gasteiger charge is 2.23. The highest BCUT2D eigenvalue weighted by atomic mass is 35.5. The SMILES string of the molecule is CC(C)CC(NC(=O)c1cc(Cl)ccc1F)C(=O)O. The van der Waals surface area contributed by atoms with Gasteiger partial charge in [0.15, 0.2) is 0 Å². The number of rotatable bonds is 5. The summed E-state index contributed by atoms with van der Waals surface area (Å²) in [4.78, 5) is 22.9. The van der Waals surface area contributed by atoms with Gasteiger partial charge in [0.1, 0.15) is 11.9 Å². The number of hydrogen-bond donors (Lipinski definition) is 2. The lowest BCUT2D eigenvalue weighted by Gasteiger charge is -2.16. The molecule has 0 saturated heterocycles. The summed E-state index contributed by atoms with van der Waals surface area (Å²) < 4.78 is 13.5. The summed E-state index contributed by atoms with van der Waals surface area (Å²) >= 11 is 5.68. The molecule has 0 aliphatic heterocycles. The van der Waals surface area contributed by atoms with E-state index < -0.39 is 23.7 Å². The predicted octanol–water partition coefficient (Wildman–Crippen LogP) is 2.71. The van der Waals surface area contributed by atoms with Crippen molar-refractivity contribution in [2.75, 3.05) is 0 Å². The normalized spacial score (nSPS) is 12.3. The van der Waals surface area contributed by atoms with Crippen molar-refractivity contribution in [2.24, 2.45) is 5.92 Å². The minimum Gasteiger partial charge on any atom is -0.480 e. The fourth-order valence-corrected chi connectivity index (χ4v) is 1.77. The fraction of sp³-hybridized carbons (Fsp3) is 0.385. The van der Waals surface area contributed by atoms with Gasteiger partial charge >= 0.3 is 5.97 Å². The second-order valence-electron chi connectivity index (χ2n) is 4.62. The Morgan fingerprint density at radius 1 is 1.42 bits per heavy atom. The van der Waals surface area contributed by atoms with Crippen molar-refractivity contribution in [3.8, 4) is 0 Å². The zero-order valence-electron chi connectivity index (χ0n) is 10.6. The van der Waals surface area contributed by atoms with Crippen LogP contribution in [0, 0.1) is 11.7 Å². The van der Waals surface area contributed by atoms with E-state index in [0.717, 1.165) is 6.07 Å². The molecule has 1 rings (SSSR count). The van der Waals surface area contributed by atoms with Gasteiger partial charge in [-0.2, -0.15) is 0 Å². The lowest BCUT2D eigenvalue weighted by molar-refractivity contribution is -0.139. The summed E-state index contributed by atoms with van der Waals surface area (Å²) in [5.41, 5.74) is -0.262. The molecule has 0 aliphatic carbocycles. The highest BCUT2D eigenvalue weighted by Crippen LogP contribution is 2.15. The van der Waals surface area contributed by atoms with Crippen LogP contribution < -0.4 is 5.32 Å². The molecule has 4 nitrogen and oxygen atoms in total.